The van der Waals surface area contributed by atoms with Gasteiger partial charge in [0.2, 0.25) is 0 Å². The summed E-state index contributed by atoms with van der Waals surface area (Å²) in [5.41, 5.74) is -7.31. The topological polar surface area (TPSA) is 118 Å². The van der Waals surface area contributed by atoms with Gasteiger partial charge in [0.25, 0.3) is 0 Å². The molecule has 34 heavy (non-hydrogen) atoms. The first-order valence-electron chi connectivity index (χ1n) is 13.4. The maximum absolute atomic E-state index is 13.7. The Labute approximate surface area is 204 Å². The van der Waals surface area contributed by atoms with Crippen molar-refractivity contribution in [2.75, 3.05) is 0 Å². The molecule has 0 saturated heterocycles. The van der Waals surface area contributed by atoms with Gasteiger partial charge in [-0.3, -0.25) is 4.79 Å². The summed E-state index contributed by atoms with van der Waals surface area (Å²) in [7, 11) is 0. The van der Waals surface area contributed by atoms with E-state index in [2.05, 4.69) is 39.8 Å². The second-order valence-corrected chi connectivity index (χ2v) is 13.1. The van der Waals surface area contributed by atoms with Crippen molar-refractivity contribution in [1.29, 1.82) is 0 Å². The molecule has 5 N–H and O–H groups in total. The van der Waals surface area contributed by atoms with Crippen molar-refractivity contribution in [3.05, 3.63) is 12.2 Å². The second kappa shape index (κ2) is 8.11. The highest BCUT2D eigenvalue weighted by molar-refractivity contribution is 5.95. The van der Waals surface area contributed by atoms with E-state index >= 15 is 0 Å². The number of aliphatic hydroxyl groups excluding tert-OH is 2. The van der Waals surface area contributed by atoms with Gasteiger partial charge < -0.3 is 25.5 Å². The predicted octanol–water partition coefficient (Wildman–Crippen LogP) is 2.99. The number of rotatable bonds is 4. The number of hydrogen-bond acceptors (Lipinski definition) is 6. The van der Waals surface area contributed by atoms with E-state index in [9.17, 15) is 30.3 Å². The molecule has 0 radical (unpaired) electrons. The molecule has 6 heteroatoms. The highest BCUT2D eigenvalue weighted by atomic mass is 16.4. The van der Waals surface area contributed by atoms with E-state index in [1.165, 1.54) is 0 Å². The average molecular weight is 479 g/mol. The van der Waals surface area contributed by atoms with Gasteiger partial charge in [-0.1, -0.05) is 53.7 Å². The van der Waals surface area contributed by atoms with E-state index in [0.717, 1.165) is 0 Å². The number of carbonyl (C=O) groups excluding carboxylic acids is 1. The molecule has 4 aliphatic carbocycles. The van der Waals surface area contributed by atoms with Crippen molar-refractivity contribution in [1.82, 2.24) is 0 Å². The Hall–Kier alpha value is -0.790. The molecule has 194 valence electrons. The summed E-state index contributed by atoms with van der Waals surface area (Å²) < 4.78 is 0. The minimum Gasteiger partial charge on any atom is -0.393 e. The minimum atomic E-state index is -2.13. The summed E-state index contributed by atoms with van der Waals surface area (Å²) in [6.45, 7) is 12.6. The summed E-state index contributed by atoms with van der Waals surface area (Å²) in [5.74, 6) is -0.337. The molecule has 0 amide bonds. The van der Waals surface area contributed by atoms with Crippen molar-refractivity contribution in [3.63, 3.8) is 0 Å². The number of ketones is 1. The fourth-order valence-corrected chi connectivity index (χ4v) is 8.64. The number of Topliss-reactive ketones (excluding diaryl/α,β-unsaturated/α-hetero) is 1. The fourth-order valence-electron chi connectivity index (χ4n) is 8.64. The first-order chi connectivity index (χ1) is 15.6. The Balaban J connectivity index is 1.74. The molecule has 11 atom stereocenters. The van der Waals surface area contributed by atoms with Crippen LogP contribution in [0.4, 0.5) is 0 Å². The molecule has 0 heterocycles. The molecular weight excluding hydrogens is 432 g/mol. The van der Waals surface area contributed by atoms with Crippen molar-refractivity contribution >= 4 is 5.78 Å². The van der Waals surface area contributed by atoms with Crippen LogP contribution < -0.4 is 0 Å². The number of carbonyl (C=O) groups is 1. The number of hydrogen-bond donors (Lipinski definition) is 5. The van der Waals surface area contributed by atoms with Crippen LogP contribution in [-0.2, 0) is 4.79 Å². The van der Waals surface area contributed by atoms with Crippen molar-refractivity contribution < 1.29 is 30.3 Å². The fraction of sp³-hybridized carbons (Fsp3) is 0.893. The van der Waals surface area contributed by atoms with Crippen LogP contribution in [0, 0.1) is 40.4 Å². The van der Waals surface area contributed by atoms with Crippen LogP contribution in [-0.4, -0.2) is 60.3 Å². The number of aliphatic hydroxyl groups is 5. The van der Waals surface area contributed by atoms with Crippen molar-refractivity contribution in [2.24, 2.45) is 40.4 Å². The third-order valence-electron chi connectivity index (χ3n) is 11.5. The van der Waals surface area contributed by atoms with Gasteiger partial charge >= 0.3 is 0 Å². The van der Waals surface area contributed by atoms with Crippen LogP contribution in [0.5, 0.6) is 0 Å². The Morgan fingerprint density at radius 1 is 0.882 bits per heavy atom. The van der Waals surface area contributed by atoms with Gasteiger partial charge in [-0.05, 0) is 62.2 Å². The molecule has 0 spiro atoms. The van der Waals surface area contributed by atoms with Crippen LogP contribution in [0.25, 0.3) is 0 Å². The van der Waals surface area contributed by atoms with E-state index in [4.69, 9.17) is 0 Å². The van der Waals surface area contributed by atoms with E-state index in [-0.39, 0.29) is 24.7 Å². The largest absolute Gasteiger partial charge is 0.393 e. The maximum atomic E-state index is 13.7. The molecule has 0 aromatic heterocycles. The zero-order chi connectivity index (χ0) is 25.5. The molecule has 6 nitrogen and oxygen atoms in total. The average Bonchev–Trinajstić information content (AvgIpc) is 3.05. The number of allylic oxidation sites excluding steroid dienone is 2. The molecule has 0 aliphatic heterocycles. The summed E-state index contributed by atoms with van der Waals surface area (Å²) in [4.78, 5) is 13.7. The summed E-state index contributed by atoms with van der Waals surface area (Å²) in [6, 6.07) is 0. The molecule has 4 aliphatic rings. The lowest BCUT2D eigenvalue weighted by molar-refractivity contribution is -0.319. The van der Waals surface area contributed by atoms with Crippen LogP contribution >= 0.6 is 0 Å². The van der Waals surface area contributed by atoms with Crippen LogP contribution in [0.3, 0.4) is 0 Å². The molecule has 4 rings (SSSR count). The van der Waals surface area contributed by atoms with Gasteiger partial charge in [-0.25, -0.2) is 0 Å². The predicted molar refractivity (Wildman–Crippen MR) is 130 cm³/mol. The lowest BCUT2D eigenvalue weighted by Crippen LogP contribution is -2.83. The lowest BCUT2D eigenvalue weighted by atomic mass is 9.39. The van der Waals surface area contributed by atoms with Crippen LogP contribution in [0.15, 0.2) is 12.2 Å². The lowest BCUT2D eigenvalue weighted by Gasteiger charge is -2.69. The van der Waals surface area contributed by atoms with Gasteiger partial charge in [0.05, 0.1) is 6.10 Å². The van der Waals surface area contributed by atoms with Gasteiger partial charge in [0.1, 0.15) is 17.3 Å². The smallest absolute Gasteiger partial charge is 0.198 e. The van der Waals surface area contributed by atoms with Gasteiger partial charge in [0.15, 0.2) is 11.4 Å². The maximum Gasteiger partial charge on any atom is 0.198 e. The third kappa shape index (κ3) is 3.08. The molecular formula is C28H46O6. The monoisotopic (exact) mass is 478 g/mol. The molecule has 4 saturated carbocycles. The van der Waals surface area contributed by atoms with E-state index in [1.807, 2.05) is 13.8 Å². The zero-order valence-electron chi connectivity index (χ0n) is 21.8. The first kappa shape index (κ1) is 26.3. The third-order valence-corrected chi connectivity index (χ3v) is 11.5. The van der Waals surface area contributed by atoms with Crippen LogP contribution in [0.2, 0.25) is 0 Å². The first-order valence-corrected chi connectivity index (χ1v) is 13.4. The van der Waals surface area contributed by atoms with E-state index in [1.54, 1.807) is 0 Å². The summed E-state index contributed by atoms with van der Waals surface area (Å²) in [5, 5.41) is 57.5. The Morgan fingerprint density at radius 2 is 1.50 bits per heavy atom. The van der Waals surface area contributed by atoms with Gasteiger partial charge in [-0.15, -0.1) is 0 Å². The highest BCUT2D eigenvalue weighted by Gasteiger charge is 2.81. The van der Waals surface area contributed by atoms with Crippen LogP contribution in [0.1, 0.15) is 86.5 Å². The normalized spacial score (nSPS) is 52.9. The summed E-state index contributed by atoms with van der Waals surface area (Å²) >= 11 is 0. The quantitative estimate of drug-likeness (QED) is 0.397. The standard InChI is InChI=1S/C28H46O6/c1-16(2)17(3)7-8-18(4)20-10-14-27(33)24(20,5)13-11-21-25(6)12-9-19(29)15-26(25,32)22(30)23(31)28(21,27)34/h7-8,16-22,29-30,32-34H,9-15H2,1-6H3/b8-7+/t17-,18+,19-,20+,21+,22+,24+,25+,26-,27-,28+/m0/s1. The zero-order valence-corrected chi connectivity index (χ0v) is 21.8. The van der Waals surface area contributed by atoms with E-state index in [0.29, 0.717) is 43.9 Å². The van der Waals surface area contributed by atoms with E-state index < -0.39 is 51.5 Å². The highest BCUT2D eigenvalue weighted by Crippen LogP contribution is 2.71. The van der Waals surface area contributed by atoms with Crippen molar-refractivity contribution in [3.8, 4) is 0 Å². The Kier molecular flexibility index (Phi) is 6.27. The minimum absolute atomic E-state index is 0.0878. The molecule has 0 aromatic rings. The molecule has 0 unspecified atom stereocenters. The van der Waals surface area contributed by atoms with Gasteiger partial charge in [0, 0.05) is 23.2 Å². The van der Waals surface area contributed by atoms with Crippen molar-refractivity contribution in [2.45, 2.75) is 115 Å². The molecule has 4 fully saturated rings. The molecule has 0 bridgehead atoms. The van der Waals surface area contributed by atoms with Gasteiger partial charge in [-0.2, -0.15) is 0 Å². The Bertz CT molecular complexity index is 856. The second-order valence-electron chi connectivity index (χ2n) is 13.1. The summed E-state index contributed by atoms with van der Waals surface area (Å²) in [6.07, 6.45) is 4.62. The number of fused-ring (bicyclic) bond motifs is 5. The molecule has 0 aromatic carbocycles. The Morgan fingerprint density at radius 3 is 2.12 bits per heavy atom. The SMILES string of the molecule is CC(C)[C@@H](C)/C=C/[C@@H](C)[C@H]1CC[C@]2(O)[C@]1(C)CC[C@@H]1[C@@]3(C)CC[C@H](O)C[C@]3(O)[C@H](O)C(=O)[C@]12O.